The summed E-state index contributed by atoms with van der Waals surface area (Å²) in [6.07, 6.45) is 1.28. The first-order chi connectivity index (χ1) is 15.3. The number of nitrogens with one attached hydrogen (secondary N) is 2. The fraction of sp³-hybridized carbons (Fsp3) is 0.0833. The largest absolute Gasteiger partial charge is 0.422 e. The Morgan fingerprint density at radius 2 is 1.56 bits per heavy atom. The van der Waals surface area contributed by atoms with E-state index in [1.165, 1.54) is 6.21 Å². The summed E-state index contributed by atoms with van der Waals surface area (Å²) in [5.74, 6) is -2.12. The number of hydrogen-bond acceptors (Lipinski definition) is 5. The van der Waals surface area contributed by atoms with Crippen LogP contribution in [0.4, 0.5) is 5.69 Å². The first-order valence-corrected chi connectivity index (χ1v) is 9.99. The van der Waals surface area contributed by atoms with Gasteiger partial charge in [0.25, 0.3) is 0 Å². The molecule has 0 fully saturated rings. The van der Waals surface area contributed by atoms with Crippen LogP contribution in [-0.2, 0) is 9.59 Å². The van der Waals surface area contributed by atoms with Crippen molar-refractivity contribution in [2.45, 2.75) is 13.8 Å². The van der Waals surface area contributed by atoms with E-state index in [-0.39, 0.29) is 5.75 Å². The van der Waals surface area contributed by atoms with Gasteiger partial charge in [0.1, 0.15) is 5.75 Å². The van der Waals surface area contributed by atoms with E-state index in [0.717, 1.165) is 11.1 Å². The number of esters is 1. The van der Waals surface area contributed by atoms with E-state index in [9.17, 15) is 14.4 Å². The van der Waals surface area contributed by atoms with Crippen LogP contribution < -0.4 is 15.5 Å². The molecule has 2 N–H and O–H groups in total. The SMILES string of the molecule is Cc1cc(C)cc(NC(=O)C(=O)N/N=C/c2ccccc2OC(=O)c2ccc(Cl)cc2)c1. The Kier molecular flexibility index (Phi) is 7.36. The zero-order chi connectivity index (χ0) is 23.1. The second-order valence-electron chi connectivity index (χ2n) is 6.96. The Labute approximate surface area is 190 Å². The summed E-state index contributed by atoms with van der Waals surface area (Å²) in [6.45, 7) is 3.79. The molecule has 7 nitrogen and oxygen atoms in total. The molecule has 162 valence electrons. The lowest BCUT2D eigenvalue weighted by atomic mass is 10.1. The Morgan fingerprint density at radius 1 is 0.906 bits per heavy atom. The van der Waals surface area contributed by atoms with Crippen molar-refractivity contribution >= 4 is 41.3 Å². The smallest absolute Gasteiger partial charge is 0.343 e. The summed E-state index contributed by atoms with van der Waals surface area (Å²) in [6, 6.07) is 18.4. The molecule has 0 bridgehead atoms. The monoisotopic (exact) mass is 449 g/mol. The Balaban J connectivity index is 1.62. The lowest BCUT2D eigenvalue weighted by molar-refractivity contribution is -0.136. The molecule has 0 aliphatic carbocycles. The number of amides is 2. The molecule has 0 aliphatic heterocycles. The van der Waals surface area contributed by atoms with Crippen molar-refractivity contribution in [3.63, 3.8) is 0 Å². The van der Waals surface area contributed by atoms with Crippen LogP contribution in [0, 0.1) is 13.8 Å². The summed E-state index contributed by atoms with van der Waals surface area (Å²) in [4.78, 5) is 36.5. The van der Waals surface area contributed by atoms with Gasteiger partial charge in [-0.25, -0.2) is 10.2 Å². The predicted molar refractivity (Wildman–Crippen MR) is 123 cm³/mol. The third-order valence-electron chi connectivity index (χ3n) is 4.26. The molecule has 8 heteroatoms. The lowest BCUT2D eigenvalue weighted by Gasteiger charge is -2.08. The van der Waals surface area contributed by atoms with Crippen LogP contribution in [0.1, 0.15) is 27.0 Å². The van der Waals surface area contributed by atoms with Crippen molar-refractivity contribution in [2.75, 3.05) is 5.32 Å². The van der Waals surface area contributed by atoms with Crippen molar-refractivity contribution in [1.82, 2.24) is 5.43 Å². The van der Waals surface area contributed by atoms with E-state index in [4.69, 9.17) is 16.3 Å². The molecule has 0 unspecified atom stereocenters. The standard InChI is InChI=1S/C24H20ClN3O4/c1-15-11-16(2)13-20(12-15)27-22(29)23(30)28-26-14-18-5-3-4-6-21(18)32-24(31)17-7-9-19(25)10-8-17/h3-14H,1-2H3,(H,27,29)(H,28,30)/b26-14+. The van der Waals surface area contributed by atoms with Crippen molar-refractivity contribution in [2.24, 2.45) is 5.10 Å². The highest BCUT2D eigenvalue weighted by molar-refractivity contribution is 6.39. The number of anilines is 1. The molecule has 3 aromatic rings. The molecule has 32 heavy (non-hydrogen) atoms. The third-order valence-corrected chi connectivity index (χ3v) is 4.51. The average Bonchev–Trinajstić information content (AvgIpc) is 2.74. The van der Waals surface area contributed by atoms with E-state index < -0.39 is 17.8 Å². The Bertz CT molecular complexity index is 1170. The molecule has 0 aromatic heterocycles. The molecule has 2 amide bonds. The minimum absolute atomic E-state index is 0.241. The number of rotatable bonds is 5. The summed E-state index contributed by atoms with van der Waals surface area (Å²) in [5.41, 5.74) is 5.37. The number of halogens is 1. The number of hydrazone groups is 1. The quantitative estimate of drug-likeness (QED) is 0.200. The first kappa shape index (κ1) is 22.7. The molecule has 0 atom stereocenters. The Morgan fingerprint density at radius 3 is 2.25 bits per heavy atom. The van der Waals surface area contributed by atoms with Gasteiger partial charge in [0, 0.05) is 16.3 Å². The second-order valence-corrected chi connectivity index (χ2v) is 7.40. The lowest BCUT2D eigenvalue weighted by Crippen LogP contribution is -2.32. The van der Waals surface area contributed by atoms with Crippen LogP contribution in [0.3, 0.4) is 0 Å². The number of nitrogens with zero attached hydrogens (tertiary/aromatic N) is 1. The maximum atomic E-state index is 12.3. The molecular weight excluding hydrogens is 430 g/mol. The van der Waals surface area contributed by atoms with E-state index >= 15 is 0 Å². The second kappa shape index (κ2) is 10.4. The van der Waals surface area contributed by atoms with Gasteiger partial charge in [-0.15, -0.1) is 0 Å². The van der Waals surface area contributed by atoms with Gasteiger partial charge in [0.2, 0.25) is 0 Å². The summed E-state index contributed by atoms with van der Waals surface area (Å²) >= 11 is 5.83. The number of carbonyl (C=O) groups is 3. The van der Waals surface area contributed by atoms with Gasteiger partial charge in [-0.05, 0) is 73.5 Å². The van der Waals surface area contributed by atoms with Gasteiger partial charge in [-0.2, -0.15) is 5.10 Å². The van der Waals surface area contributed by atoms with Gasteiger partial charge in [-0.3, -0.25) is 9.59 Å². The van der Waals surface area contributed by atoms with Crippen molar-refractivity contribution in [3.8, 4) is 5.75 Å². The zero-order valence-corrected chi connectivity index (χ0v) is 18.1. The molecular formula is C24H20ClN3O4. The van der Waals surface area contributed by atoms with Crippen LogP contribution >= 0.6 is 11.6 Å². The van der Waals surface area contributed by atoms with Gasteiger partial charge in [0.05, 0.1) is 11.8 Å². The highest BCUT2D eigenvalue weighted by Gasteiger charge is 2.14. The topological polar surface area (TPSA) is 96.9 Å². The molecule has 3 aromatic carbocycles. The highest BCUT2D eigenvalue weighted by atomic mass is 35.5. The van der Waals surface area contributed by atoms with Gasteiger partial charge in [0.15, 0.2) is 0 Å². The zero-order valence-electron chi connectivity index (χ0n) is 17.4. The maximum Gasteiger partial charge on any atom is 0.343 e. The van der Waals surface area contributed by atoms with Crippen molar-refractivity contribution in [1.29, 1.82) is 0 Å². The van der Waals surface area contributed by atoms with Crippen molar-refractivity contribution < 1.29 is 19.1 Å². The summed E-state index contributed by atoms with van der Waals surface area (Å²) < 4.78 is 5.41. The van der Waals surface area contributed by atoms with Crippen LogP contribution in [0.2, 0.25) is 5.02 Å². The summed E-state index contributed by atoms with van der Waals surface area (Å²) in [7, 11) is 0. The number of para-hydroxylation sites is 1. The van der Waals surface area contributed by atoms with Crippen LogP contribution in [0.15, 0.2) is 71.8 Å². The minimum Gasteiger partial charge on any atom is -0.422 e. The molecule has 0 saturated heterocycles. The fourth-order valence-corrected chi connectivity index (χ4v) is 3.00. The maximum absolute atomic E-state index is 12.3. The fourth-order valence-electron chi connectivity index (χ4n) is 2.87. The Hall–Kier alpha value is -3.97. The molecule has 3 rings (SSSR count). The third kappa shape index (κ3) is 6.26. The number of benzene rings is 3. The molecule has 0 aliphatic rings. The van der Waals surface area contributed by atoms with Gasteiger partial charge < -0.3 is 10.1 Å². The van der Waals surface area contributed by atoms with Gasteiger partial charge >= 0.3 is 17.8 Å². The summed E-state index contributed by atoms with van der Waals surface area (Å²) in [5, 5.41) is 6.83. The average molecular weight is 450 g/mol. The van der Waals surface area contributed by atoms with Crippen molar-refractivity contribution in [3.05, 3.63) is 94.0 Å². The normalized spacial score (nSPS) is 10.6. The highest BCUT2D eigenvalue weighted by Crippen LogP contribution is 2.18. The van der Waals surface area contributed by atoms with Crippen LogP contribution in [0.5, 0.6) is 5.75 Å². The number of carbonyl (C=O) groups excluding carboxylic acids is 3. The molecule has 0 radical (unpaired) electrons. The molecule has 0 spiro atoms. The molecule has 0 heterocycles. The van der Waals surface area contributed by atoms with E-state index in [0.29, 0.717) is 21.8 Å². The predicted octanol–water partition coefficient (Wildman–Crippen LogP) is 4.26. The number of ether oxygens (including phenoxy) is 1. The first-order valence-electron chi connectivity index (χ1n) is 9.61. The van der Waals surface area contributed by atoms with E-state index in [1.807, 2.05) is 19.9 Å². The van der Waals surface area contributed by atoms with E-state index in [1.54, 1.807) is 60.7 Å². The van der Waals surface area contributed by atoms with Gasteiger partial charge in [-0.1, -0.05) is 29.8 Å². The number of aryl methyl sites for hydroxylation is 2. The van der Waals surface area contributed by atoms with E-state index in [2.05, 4.69) is 15.8 Å². The number of hydrogen-bond donors (Lipinski definition) is 2. The van der Waals surface area contributed by atoms with Crippen LogP contribution in [-0.4, -0.2) is 24.0 Å². The molecule has 0 saturated carbocycles. The van der Waals surface area contributed by atoms with Crippen LogP contribution in [0.25, 0.3) is 0 Å². The minimum atomic E-state index is -0.934.